The highest BCUT2D eigenvalue weighted by Crippen LogP contribution is 2.23. The molecule has 0 aliphatic rings. The Hall–Kier alpha value is -3.00. The van der Waals surface area contributed by atoms with Crippen molar-refractivity contribution in [3.8, 4) is 11.5 Å². The van der Waals surface area contributed by atoms with Gasteiger partial charge in [-0.25, -0.2) is 13.4 Å². The van der Waals surface area contributed by atoms with Gasteiger partial charge in [-0.3, -0.25) is 9.78 Å². The van der Waals surface area contributed by atoms with Crippen molar-refractivity contribution in [1.82, 2.24) is 15.3 Å². The van der Waals surface area contributed by atoms with Crippen molar-refractivity contribution in [3.05, 3.63) is 71.4 Å². The van der Waals surface area contributed by atoms with Gasteiger partial charge in [0.25, 0.3) is 0 Å². The standard InChI is InChI=1S/C20H21N3O4S/c1-14-5-7-17(8-6-14)20-23-18(15(2)27-20)12-28(25,26)13-19(24)22-11-16-4-3-9-21-10-16/h3-10H,11-13H2,1-2H3,(H,22,24). The molecule has 0 radical (unpaired) electrons. The summed E-state index contributed by atoms with van der Waals surface area (Å²) in [5.74, 6) is -0.740. The number of hydrogen-bond donors (Lipinski definition) is 1. The second-order valence-electron chi connectivity index (χ2n) is 6.56. The molecule has 28 heavy (non-hydrogen) atoms. The maximum atomic E-state index is 12.4. The van der Waals surface area contributed by atoms with E-state index in [4.69, 9.17) is 4.42 Å². The molecule has 0 atom stereocenters. The van der Waals surface area contributed by atoms with Crippen molar-refractivity contribution in [1.29, 1.82) is 0 Å². The minimum atomic E-state index is -3.69. The molecule has 0 aliphatic heterocycles. The summed E-state index contributed by atoms with van der Waals surface area (Å²) in [5.41, 5.74) is 2.98. The van der Waals surface area contributed by atoms with Crippen molar-refractivity contribution in [2.75, 3.05) is 5.75 Å². The van der Waals surface area contributed by atoms with E-state index in [2.05, 4.69) is 15.3 Å². The van der Waals surface area contributed by atoms with Gasteiger partial charge >= 0.3 is 0 Å². The summed E-state index contributed by atoms with van der Waals surface area (Å²) in [7, 11) is -3.69. The average Bonchev–Trinajstić information content (AvgIpc) is 3.01. The molecule has 1 aromatic carbocycles. The second kappa shape index (κ2) is 8.35. The first-order chi connectivity index (χ1) is 13.3. The predicted molar refractivity (Wildman–Crippen MR) is 105 cm³/mol. The summed E-state index contributed by atoms with van der Waals surface area (Å²) in [6.07, 6.45) is 3.24. The van der Waals surface area contributed by atoms with Gasteiger partial charge in [0.2, 0.25) is 11.8 Å². The maximum absolute atomic E-state index is 12.4. The van der Waals surface area contributed by atoms with Crippen LogP contribution in [0, 0.1) is 13.8 Å². The molecule has 0 spiro atoms. The van der Waals surface area contributed by atoms with Crippen LogP contribution in [0.2, 0.25) is 0 Å². The number of aromatic nitrogens is 2. The van der Waals surface area contributed by atoms with E-state index < -0.39 is 21.5 Å². The van der Waals surface area contributed by atoms with Crippen molar-refractivity contribution in [3.63, 3.8) is 0 Å². The highest BCUT2D eigenvalue weighted by Gasteiger charge is 2.22. The first kappa shape index (κ1) is 19.8. The van der Waals surface area contributed by atoms with E-state index in [1.807, 2.05) is 31.2 Å². The number of amides is 1. The Labute approximate surface area is 163 Å². The zero-order valence-corrected chi connectivity index (χ0v) is 16.5. The maximum Gasteiger partial charge on any atom is 0.235 e. The molecule has 8 heteroatoms. The molecule has 7 nitrogen and oxygen atoms in total. The lowest BCUT2D eigenvalue weighted by Crippen LogP contribution is -2.30. The van der Waals surface area contributed by atoms with E-state index in [-0.39, 0.29) is 12.3 Å². The van der Waals surface area contributed by atoms with Crippen LogP contribution in [0.25, 0.3) is 11.5 Å². The third kappa shape index (κ3) is 5.26. The van der Waals surface area contributed by atoms with Crippen LogP contribution in [0.4, 0.5) is 0 Å². The lowest BCUT2D eigenvalue weighted by Gasteiger charge is -2.05. The second-order valence-corrected chi connectivity index (χ2v) is 8.62. The zero-order chi connectivity index (χ0) is 20.1. The molecular formula is C20H21N3O4S. The number of nitrogens with one attached hydrogen (secondary N) is 1. The predicted octanol–water partition coefficient (Wildman–Crippen LogP) is 2.58. The van der Waals surface area contributed by atoms with E-state index in [1.165, 1.54) is 0 Å². The molecule has 1 amide bonds. The van der Waals surface area contributed by atoms with Crippen LogP contribution in [0.5, 0.6) is 0 Å². The number of nitrogens with zero attached hydrogens (tertiary/aromatic N) is 2. The zero-order valence-electron chi connectivity index (χ0n) is 15.7. The molecule has 2 heterocycles. The summed E-state index contributed by atoms with van der Waals surface area (Å²) >= 11 is 0. The number of benzene rings is 1. The fourth-order valence-corrected chi connectivity index (χ4v) is 3.88. The third-order valence-corrected chi connectivity index (χ3v) is 5.53. The molecule has 1 N–H and O–H groups in total. The lowest BCUT2D eigenvalue weighted by atomic mass is 10.1. The highest BCUT2D eigenvalue weighted by molar-refractivity contribution is 7.91. The molecule has 0 saturated carbocycles. The van der Waals surface area contributed by atoms with E-state index in [1.54, 1.807) is 31.5 Å². The quantitative estimate of drug-likeness (QED) is 0.655. The fraction of sp³-hybridized carbons (Fsp3) is 0.250. The summed E-state index contributed by atoms with van der Waals surface area (Å²) in [6, 6.07) is 11.1. The van der Waals surface area contributed by atoms with E-state index in [9.17, 15) is 13.2 Å². The molecule has 0 aliphatic carbocycles. The minimum Gasteiger partial charge on any atom is -0.441 e. The van der Waals surface area contributed by atoms with Gasteiger partial charge < -0.3 is 9.73 Å². The van der Waals surface area contributed by atoms with Crippen LogP contribution in [0.15, 0.2) is 53.2 Å². The molecule has 0 bridgehead atoms. The Morgan fingerprint density at radius 2 is 1.89 bits per heavy atom. The fourth-order valence-electron chi connectivity index (χ4n) is 2.60. The van der Waals surface area contributed by atoms with Gasteiger partial charge in [-0.1, -0.05) is 23.8 Å². The lowest BCUT2D eigenvalue weighted by molar-refractivity contribution is -0.118. The Kier molecular flexibility index (Phi) is 5.89. The van der Waals surface area contributed by atoms with Gasteiger partial charge in [0.05, 0.1) is 11.4 Å². The van der Waals surface area contributed by atoms with Crippen molar-refractivity contribution in [2.45, 2.75) is 26.1 Å². The Morgan fingerprint density at radius 3 is 2.57 bits per heavy atom. The number of carbonyl (C=O) groups excluding carboxylic acids is 1. The van der Waals surface area contributed by atoms with Crippen LogP contribution >= 0.6 is 0 Å². The molecule has 0 unspecified atom stereocenters. The summed E-state index contributed by atoms with van der Waals surface area (Å²) < 4.78 is 30.4. The highest BCUT2D eigenvalue weighted by atomic mass is 32.2. The van der Waals surface area contributed by atoms with Crippen LogP contribution in [0.3, 0.4) is 0 Å². The molecule has 146 valence electrons. The monoisotopic (exact) mass is 399 g/mol. The number of oxazole rings is 1. The van der Waals surface area contributed by atoms with Gasteiger partial charge in [-0.15, -0.1) is 0 Å². The number of sulfone groups is 1. The van der Waals surface area contributed by atoms with E-state index in [0.717, 1.165) is 16.7 Å². The summed E-state index contributed by atoms with van der Waals surface area (Å²) in [5, 5.41) is 2.59. The van der Waals surface area contributed by atoms with Crippen LogP contribution < -0.4 is 5.32 Å². The number of rotatable bonds is 7. The first-order valence-corrected chi connectivity index (χ1v) is 10.5. The van der Waals surface area contributed by atoms with E-state index >= 15 is 0 Å². The van der Waals surface area contributed by atoms with Crippen LogP contribution in [-0.2, 0) is 26.9 Å². The SMILES string of the molecule is Cc1ccc(-c2nc(CS(=O)(=O)CC(=O)NCc3cccnc3)c(C)o2)cc1. The smallest absolute Gasteiger partial charge is 0.235 e. The van der Waals surface area contributed by atoms with Crippen molar-refractivity contribution in [2.24, 2.45) is 0 Å². The van der Waals surface area contributed by atoms with Crippen molar-refractivity contribution < 1.29 is 17.6 Å². The third-order valence-electron chi connectivity index (χ3n) is 4.11. The van der Waals surface area contributed by atoms with Gasteiger partial charge in [-0.2, -0.15) is 0 Å². The molecule has 0 saturated heterocycles. The van der Waals surface area contributed by atoms with Crippen molar-refractivity contribution >= 4 is 15.7 Å². The molecule has 3 rings (SSSR count). The Morgan fingerprint density at radius 1 is 1.14 bits per heavy atom. The van der Waals surface area contributed by atoms with Gasteiger partial charge in [0.15, 0.2) is 9.84 Å². The van der Waals surface area contributed by atoms with Crippen LogP contribution in [-0.4, -0.2) is 30.0 Å². The number of hydrogen-bond acceptors (Lipinski definition) is 6. The number of aryl methyl sites for hydroxylation is 2. The van der Waals surface area contributed by atoms with Gasteiger partial charge in [0, 0.05) is 24.5 Å². The Bertz CT molecular complexity index is 1060. The average molecular weight is 399 g/mol. The molecular weight excluding hydrogens is 378 g/mol. The summed E-state index contributed by atoms with van der Waals surface area (Å²) in [4.78, 5) is 20.3. The van der Waals surface area contributed by atoms with Gasteiger partial charge in [-0.05, 0) is 37.6 Å². The summed E-state index contributed by atoms with van der Waals surface area (Å²) in [6.45, 7) is 3.86. The Balaban J connectivity index is 1.63. The van der Waals surface area contributed by atoms with Gasteiger partial charge in [0.1, 0.15) is 11.5 Å². The minimum absolute atomic E-state index is 0.225. The van der Waals surface area contributed by atoms with E-state index in [0.29, 0.717) is 17.3 Å². The topological polar surface area (TPSA) is 102 Å². The number of carbonyl (C=O) groups is 1. The molecule has 3 aromatic rings. The number of pyridine rings is 1. The molecule has 2 aromatic heterocycles. The first-order valence-electron chi connectivity index (χ1n) is 8.72. The van der Waals surface area contributed by atoms with Crippen LogP contribution in [0.1, 0.15) is 22.6 Å². The molecule has 0 fully saturated rings. The normalized spacial score (nSPS) is 11.4. The largest absolute Gasteiger partial charge is 0.441 e.